The van der Waals surface area contributed by atoms with Gasteiger partial charge in [-0.05, 0) is 36.8 Å². The number of hydrogen-bond donors (Lipinski definition) is 1. The van der Waals surface area contributed by atoms with E-state index in [0.717, 1.165) is 22.4 Å². The summed E-state index contributed by atoms with van der Waals surface area (Å²) < 4.78 is 41.2. The van der Waals surface area contributed by atoms with Gasteiger partial charge in [0.15, 0.2) is 5.69 Å². The molecule has 0 aliphatic heterocycles. The topological polar surface area (TPSA) is 80.1 Å². The predicted octanol–water partition coefficient (Wildman–Crippen LogP) is 2.95. The van der Waals surface area contributed by atoms with E-state index >= 15 is 0 Å². The van der Waals surface area contributed by atoms with Crippen LogP contribution in [-0.2, 0) is 12.7 Å². The molecule has 0 aliphatic carbocycles. The number of pyridine rings is 1. The second kappa shape index (κ2) is 8.58. The fourth-order valence-corrected chi connectivity index (χ4v) is 2.93. The van der Waals surface area contributed by atoms with E-state index in [1.54, 1.807) is 23.2 Å². The number of rotatable bonds is 5. The summed E-state index contributed by atoms with van der Waals surface area (Å²) in [6.07, 6.45) is -3.04. The molecule has 10 heteroatoms. The molecule has 162 valence electrons. The molecular weight excluding hydrogens is 411 g/mol. The lowest BCUT2D eigenvalue weighted by molar-refractivity contribution is -0.137. The highest BCUT2D eigenvalue weighted by molar-refractivity contribution is 5.92. The molecule has 0 atom stereocenters. The van der Waals surface area contributed by atoms with E-state index in [0.29, 0.717) is 5.82 Å². The molecule has 2 aromatic heterocycles. The maximum absolute atomic E-state index is 13.4. The Morgan fingerprint density at radius 2 is 1.87 bits per heavy atom. The molecule has 3 rings (SSSR count). The molecule has 1 N–H and O–H groups in total. The van der Waals surface area contributed by atoms with Gasteiger partial charge in [0.25, 0.3) is 5.91 Å². The minimum atomic E-state index is -4.62. The van der Waals surface area contributed by atoms with Crippen molar-refractivity contribution in [2.24, 2.45) is 0 Å². The number of halogens is 3. The van der Waals surface area contributed by atoms with Crippen LogP contribution in [0.15, 0.2) is 53.5 Å². The van der Waals surface area contributed by atoms with Crippen molar-refractivity contribution in [3.63, 3.8) is 0 Å². The van der Waals surface area contributed by atoms with Crippen LogP contribution in [0.1, 0.15) is 27.3 Å². The Morgan fingerprint density at radius 1 is 1.16 bits per heavy atom. The molecule has 31 heavy (non-hydrogen) atoms. The number of nitrogens with zero attached hydrogens (tertiary/aromatic N) is 4. The number of carbonyl (C=O) groups is 1. The Morgan fingerprint density at radius 3 is 2.55 bits per heavy atom. The average molecular weight is 431 g/mol. The lowest BCUT2D eigenvalue weighted by Crippen LogP contribution is -2.32. The summed E-state index contributed by atoms with van der Waals surface area (Å²) in [5.41, 5.74) is -1.46. The number of carbonyl (C=O) groups excluding carboxylic acids is 1. The van der Waals surface area contributed by atoms with Crippen molar-refractivity contribution in [2.45, 2.75) is 19.6 Å². The Labute approximate surface area is 176 Å². The van der Waals surface area contributed by atoms with Crippen molar-refractivity contribution < 1.29 is 18.0 Å². The standard InChI is InChI=1S/C21H20F3N5O2/c1-13-10-17(30)19(20(31)26-12-14-8-9-25-18(11-14)28(2)3)27-29(13)16-7-5-4-6-15(16)21(22,23)24/h4-11H,12H2,1-3H3,(H,26,31). The van der Waals surface area contributed by atoms with Crippen LogP contribution in [0.25, 0.3) is 5.69 Å². The molecule has 0 fully saturated rings. The number of amides is 1. The summed E-state index contributed by atoms with van der Waals surface area (Å²) in [6.45, 7) is 1.54. The summed E-state index contributed by atoms with van der Waals surface area (Å²) in [5.74, 6) is -0.0993. The first-order chi connectivity index (χ1) is 14.6. The molecule has 0 spiro atoms. The number of hydrogen-bond acceptors (Lipinski definition) is 5. The molecule has 0 saturated heterocycles. The second-order valence-electron chi connectivity index (χ2n) is 7.02. The summed E-state index contributed by atoms with van der Waals surface area (Å²) in [7, 11) is 3.64. The molecule has 2 heterocycles. The zero-order valence-corrected chi connectivity index (χ0v) is 17.1. The van der Waals surface area contributed by atoms with Crippen molar-refractivity contribution in [3.8, 4) is 5.69 Å². The summed E-state index contributed by atoms with van der Waals surface area (Å²) >= 11 is 0. The van der Waals surface area contributed by atoms with Gasteiger partial charge in [-0.3, -0.25) is 9.59 Å². The molecule has 0 unspecified atom stereocenters. The summed E-state index contributed by atoms with van der Waals surface area (Å²) in [6, 6.07) is 9.39. The number of benzene rings is 1. The molecule has 1 aromatic carbocycles. The summed E-state index contributed by atoms with van der Waals surface area (Å²) in [4.78, 5) is 30.9. The van der Waals surface area contributed by atoms with E-state index in [1.165, 1.54) is 25.1 Å². The highest BCUT2D eigenvalue weighted by atomic mass is 19.4. The molecule has 1 amide bonds. The van der Waals surface area contributed by atoms with Gasteiger partial charge in [-0.25, -0.2) is 9.67 Å². The fourth-order valence-electron chi connectivity index (χ4n) is 2.93. The summed E-state index contributed by atoms with van der Waals surface area (Å²) in [5, 5.41) is 6.53. The number of anilines is 1. The Balaban J connectivity index is 1.93. The number of aromatic nitrogens is 3. The number of nitrogens with one attached hydrogen (secondary N) is 1. The van der Waals surface area contributed by atoms with Crippen molar-refractivity contribution in [1.29, 1.82) is 0 Å². The van der Waals surface area contributed by atoms with Crippen molar-refractivity contribution in [3.05, 3.63) is 81.4 Å². The van der Waals surface area contributed by atoms with Crippen molar-refractivity contribution in [1.82, 2.24) is 20.1 Å². The molecular formula is C21H20F3N5O2. The third kappa shape index (κ3) is 4.90. The first-order valence-electron chi connectivity index (χ1n) is 9.26. The lowest BCUT2D eigenvalue weighted by Gasteiger charge is -2.16. The van der Waals surface area contributed by atoms with E-state index in [2.05, 4.69) is 15.4 Å². The van der Waals surface area contributed by atoms with E-state index in [-0.39, 0.29) is 17.9 Å². The molecule has 0 saturated carbocycles. The maximum atomic E-state index is 13.4. The minimum Gasteiger partial charge on any atom is -0.363 e. The van der Waals surface area contributed by atoms with Gasteiger partial charge >= 0.3 is 6.18 Å². The van der Waals surface area contributed by atoms with Gasteiger partial charge < -0.3 is 10.2 Å². The van der Waals surface area contributed by atoms with Gasteiger partial charge in [0, 0.05) is 38.6 Å². The van der Waals surface area contributed by atoms with Gasteiger partial charge in [0.1, 0.15) is 5.82 Å². The first kappa shape index (κ1) is 22.0. The Hall–Kier alpha value is -3.69. The van der Waals surface area contributed by atoms with Gasteiger partial charge in [-0.2, -0.15) is 18.3 Å². The van der Waals surface area contributed by atoms with Crippen LogP contribution in [0.2, 0.25) is 0 Å². The second-order valence-corrected chi connectivity index (χ2v) is 7.02. The van der Waals surface area contributed by atoms with E-state index in [9.17, 15) is 22.8 Å². The largest absolute Gasteiger partial charge is 0.418 e. The predicted molar refractivity (Wildman–Crippen MR) is 109 cm³/mol. The van der Waals surface area contributed by atoms with Crippen LogP contribution in [-0.4, -0.2) is 34.8 Å². The lowest BCUT2D eigenvalue weighted by atomic mass is 10.1. The first-order valence-corrected chi connectivity index (χ1v) is 9.26. The Kier molecular flexibility index (Phi) is 6.09. The van der Waals surface area contributed by atoms with Gasteiger partial charge in [-0.1, -0.05) is 12.1 Å². The van der Waals surface area contributed by atoms with E-state index in [1.807, 2.05) is 14.1 Å². The van der Waals surface area contributed by atoms with Crippen LogP contribution in [0.3, 0.4) is 0 Å². The number of aryl methyl sites for hydroxylation is 1. The molecule has 0 bridgehead atoms. The maximum Gasteiger partial charge on any atom is 0.418 e. The monoisotopic (exact) mass is 431 g/mol. The van der Waals surface area contributed by atoms with Crippen molar-refractivity contribution in [2.75, 3.05) is 19.0 Å². The smallest absolute Gasteiger partial charge is 0.363 e. The van der Waals surface area contributed by atoms with Crippen LogP contribution >= 0.6 is 0 Å². The van der Waals surface area contributed by atoms with Crippen LogP contribution < -0.4 is 15.6 Å². The SMILES string of the molecule is Cc1cc(=O)c(C(=O)NCc2ccnc(N(C)C)c2)nn1-c1ccccc1C(F)(F)F. The highest BCUT2D eigenvalue weighted by Crippen LogP contribution is 2.33. The fraction of sp³-hybridized carbons (Fsp3) is 0.238. The molecule has 0 aliphatic rings. The van der Waals surface area contributed by atoms with Crippen molar-refractivity contribution >= 4 is 11.7 Å². The quantitative estimate of drug-likeness (QED) is 0.672. The zero-order chi connectivity index (χ0) is 22.8. The highest BCUT2D eigenvalue weighted by Gasteiger charge is 2.34. The van der Waals surface area contributed by atoms with Crippen LogP contribution in [0.4, 0.5) is 19.0 Å². The molecule has 3 aromatic rings. The third-order valence-electron chi connectivity index (χ3n) is 4.48. The normalized spacial score (nSPS) is 11.3. The van der Waals surface area contributed by atoms with E-state index < -0.39 is 28.8 Å². The minimum absolute atomic E-state index is 0.0936. The van der Waals surface area contributed by atoms with Crippen LogP contribution in [0, 0.1) is 6.92 Å². The number of alkyl halides is 3. The van der Waals surface area contributed by atoms with Gasteiger partial charge in [-0.15, -0.1) is 0 Å². The van der Waals surface area contributed by atoms with Gasteiger partial charge in [0.2, 0.25) is 5.43 Å². The third-order valence-corrected chi connectivity index (χ3v) is 4.48. The average Bonchev–Trinajstić information content (AvgIpc) is 2.71. The zero-order valence-electron chi connectivity index (χ0n) is 17.1. The number of para-hydroxylation sites is 1. The molecule has 0 radical (unpaired) electrons. The van der Waals surface area contributed by atoms with Crippen LogP contribution in [0.5, 0.6) is 0 Å². The molecule has 7 nitrogen and oxygen atoms in total. The van der Waals surface area contributed by atoms with Gasteiger partial charge in [0.05, 0.1) is 11.3 Å². The Bertz CT molecular complexity index is 1170. The van der Waals surface area contributed by atoms with E-state index in [4.69, 9.17) is 0 Å².